The minimum Gasteiger partial charge on any atom is -0.289 e. The van der Waals surface area contributed by atoms with Crippen LogP contribution in [0.4, 0.5) is 37.7 Å². The molecule has 4 aromatic carbocycles. The highest BCUT2D eigenvalue weighted by molar-refractivity contribution is 7.20. The molecule has 394 valence electrons. The van der Waals surface area contributed by atoms with Gasteiger partial charge in [-0.1, -0.05) is 143 Å². The van der Waals surface area contributed by atoms with Crippen LogP contribution in [0.3, 0.4) is 0 Å². The van der Waals surface area contributed by atoms with E-state index in [1.54, 1.807) is 24.3 Å². The first-order valence-corrected chi connectivity index (χ1v) is 26.6. The fraction of sp³-hybridized carbons (Fsp3) is 0.300. The smallest absolute Gasteiger partial charge is 0.289 e. The molecule has 0 unspecified atom stereocenters. The van der Waals surface area contributed by atoms with Gasteiger partial charge in [-0.05, 0) is 116 Å². The predicted octanol–water partition coefficient (Wildman–Crippen LogP) is 21.2. The molecule has 0 bridgehead atoms. The van der Waals surface area contributed by atoms with Gasteiger partial charge in [-0.15, -0.1) is 43.1 Å². The Balaban J connectivity index is 1.30. The van der Waals surface area contributed by atoms with E-state index in [0.717, 1.165) is 32.3 Å². The summed E-state index contributed by atoms with van der Waals surface area (Å²) in [4.78, 5) is 29.1. The molecule has 2 heterocycles. The molecule has 0 saturated heterocycles. The van der Waals surface area contributed by atoms with Crippen molar-refractivity contribution >= 4 is 100 Å². The molecule has 0 saturated carbocycles. The fourth-order valence-electron chi connectivity index (χ4n) is 8.85. The first kappa shape index (κ1) is 56.2. The molecule has 2 aromatic heterocycles. The van der Waals surface area contributed by atoms with E-state index < -0.39 is 77.7 Å². The third-order valence-electron chi connectivity index (χ3n) is 12.9. The van der Waals surface area contributed by atoms with Crippen LogP contribution in [0.25, 0.3) is 42.7 Å². The van der Waals surface area contributed by atoms with Gasteiger partial charge >= 0.3 is 12.4 Å². The van der Waals surface area contributed by atoms with E-state index in [9.17, 15) is 9.59 Å². The minimum atomic E-state index is -5.24. The quantitative estimate of drug-likeness (QED) is 0.118. The van der Waals surface area contributed by atoms with Gasteiger partial charge in [0.25, 0.3) is 0 Å². The van der Waals surface area contributed by atoms with Crippen LogP contribution in [0.1, 0.15) is 104 Å². The van der Waals surface area contributed by atoms with E-state index in [0.29, 0.717) is 55.3 Å². The van der Waals surface area contributed by atoms with Crippen LogP contribution in [0.15, 0.2) is 163 Å². The Morgan fingerprint density at radius 3 is 1.03 bits per heavy atom. The number of nitrogens with zero attached hydrogens (tertiary/aromatic N) is 4. The second-order valence-electron chi connectivity index (χ2n) is 22.9. The van der Waals surface area contributed by atoms with Gasteiger partial charge in [-0.2, -0.15) is 26.3 Å². The van der Waals surface area contributed by atoms with Crippen molar-refractivity contribution in [2.24, 2.45) is 42.1 Å². The normalized spacial score (nSPS) is 15.6. The number of thiophene rings is 2. The van der Waals surface area contributed by atoms with E-state index in [2.05, 4.69) is 20.5 Å². The van der Waals surface area contributed by atoms with Gasteiger partial charge in [0.2, 0.25) is 0 Å². The summed E-state index contributed by atoms with van der Waals surface area (Å²) in [5, 5.41) is 18.5. The fourth-order valence-corrected chi connectivity index (χ4v) is 11.4. The molecule has 0 atom stereocenters. The first-order chi connectivity index (χ1) is 35.1. The Morgan fingerprint density at radius 2 is 0.750 bits per heavy atom. The number of fused-ring (bicyclic) bond motifs is 2. The number of benzene rings is 4. The third kappa shape index (κ3) is 11.6. The SMILES string of the molecule is CC(C)(C)C1=CC(=C(N=Nc2cc(C(F)(F)F)c(-c3cc(Cl)c(N=NC(=C4C=C(C(C)(C)C)C(=O)C(C(C)(C)C)=C4)c4cc5ccccc5s4)cc3C(F)(F)F)cc2Cl)c2cc3ccccc3s2)C=C(C(C)(C)C)C1=O. The van der Waals surface area contributed by atoms with Gasteiger partial charge in [0.05, 0.1) is 30.9 Å². The number of rotatable bonds is 7. The van der Waals surface area contributed by atoms with Crippen molar-refractivity contribution in [2.45, 2.75) is 95.4 Å². The molecule has 8 rings (SSSR count). The zero-order chi connectivity index (χ0) is 55.8. The number of azo groups is 2. The van der Waals surface area contributed by atoms with E-state index in [4.69, 9.17) is 23.2 Å². The van der Waals surface area contributed by atoms with Crippen molar-refractivity contribution in [2.75, 3.05) is 0 Å². The van der Waals surface area contributed by atoms with Crippen molar-refractivity contribution < 1.29 is 35.9 Å². The average molecular weight is 1110 g/mol. The van der Waals surface area contributed by atoms with Crippen molar-refractivity contribution in [1.82, 2.24) is 0 Å². The molecule has 0 radical (unpaired) electrons. The van der Waals surface area contributed by atoms with Gasteiger partial charge in [0.1, 0.15) is 22.8 Å². The third-order valence-corrected chi connectivity index (χ3v) is 15.7. The molecule has 2 aliphatic rings. The van der Waals surface area contributed by atoms with Gasteiger partial charge in [0, 0.05) is 42.8 Å². The molecular weight excluding hydrogens is 1060 g/mol. The molecular formula is C60H54Cl2F6N4O2S2. The number of Topliss-reactive ketones (excluding diaryl/α,β-unsaturated/α-hetero) is 2. The molecule has 0 amide bonds. The predicted molar refractivity (Wildman–Crippen MR) is 299 cm³/mol. The number of hydrogen-bond acceptors (Lipinski definition) is 8. The molecule has 16 heteroatoms. The standard InChI is InChI=1S/C60H54Cl2F6N4O2S2/c1-55(2,3)39-21-33(22-40(53(39)73)56(4,5)6)51(49-25-31-17-13-15-19-47(31)75-49)71-69-45-29-37(59(63,64)65)35(27-43(45)61)36-28-44(62)46(30-38(36)60(66,67)68)70-72-52(50-26-32-18-14-16-20-48(32)76-50)34-23-41(57(7,8)9)54(74)42(24-34)58(10,11)12/h13-30H,1-12H3. The lowest BCUT2D eigenvalue weighted by atomic mass is 9.71. The lowest BCUT2D eigenvalue weighted by Gasteiger charge is -2.31. The van der Waals surface area contributed by atoms with Crippen molar-refractivity contribution in [3.05, 3.63) is 174 Å². The van der Waals surface area contributed by atoms with Crippen LogP contribution >= 0.6 is 45.9 Å². The summed E-state index contributed by atoms with van der Waals surface area (Å²) in [6.45, 7) is 22.8. The van der Waals surface area contributed by atoms with Crippen molar-refractivity contribution in [3.8, 4) is 11.1 Å². The number of allylic oxidation sites excluding steroid dienone is 10. The summed E-state index contributed by atoms with van der Waals surface area (Å²) < 4.78 is 94.0. The highest BCUT2D eigenvalue weighted by Crippen LogP contribution is 2.50. The summed E-state index contributed by atoms with van der Waals surface area (Å²) >= 11 is 16.2. The van der Waals surface area contributed by atoms with Crippen LogP contribution in [0, 0.1) is 21.7 Å². The summed E-state index contributed by atoms with van der Waals surface area (Å²) in [7, 11) is 0. The zero-order valence-electron chi connectivity index (χ0n) is 43.8. The van der Waals surface area contributed by atoms with Crippen LogP contribution in [0.5, 0.6) is 0 Å². The summed E-state index contributed by atoms with van der Waals surface area (Å²) in [5.41, 5.74) is -4.83. The molecule has 76 heavy (non-hydrogen) atoms. The second-order valence-corrected chi connectivity index (χ2v) is 25.9. The molecule has 0 aliphatic heterocycles. The molecule has 0 spiro atoms. The largest absolute Gasteiger partial charge is 0.417 e. The molecule has 2 aliphatic carbocycles. The Bertz CT molecular complexity index is 3290. The number of alkyl halides is 6. The monoisotopic (exact) mass is 1110 g/mol. The maximum absolute atomic E-state index is 15.4. The Morgan fingerprint density at radius 1 is 0.447 bits per heavy atom. The summed E-state index contributed by atoms with van der Waals surface area (Å²) in [6.07, 6.45) is -3.62. The lowest BCUT2D eigenvalue weighted by molar-refractivity contribution is -0.139. The first-order valence-electron chi connectivity index (χ1n) is 24.2. The Hall–Kier alpha value is -6.06. The van der Waals surface area contributed by atoms with Crippen LogP contribution in [0.2, 0.25) is 10.0 Å². The van der Waals surface area contributed by atoms with Crippen LogP contribution < -0.4 is 0 Å². The van der Waals surface area contributed by atoms with E-state index in [1.807, 2.05) is 144 Å². The maximum atomic E-state index is 15.4. The molecule has 6 nitrogen and oxygen atoms in total. The van der Waals surface area contributed by atoms with E-state index >= 15 is 26.3 Å². The highest BCUT2D eigenvalue weighted by atomic mass is 35.5. The van der Waals surface area contributed by atoms with E-state index in [-0.39, 0.29) is 23.0 Å². The van der Waals surface area contributed by atoms with E-state index in [1.165, 1.54) is 22.7 Å². The summed E-state index contributed by atoms with van der Waals surface area (Å²) in [6, 6.07) is 21.5. The molecule has 0 fully saturated rings. The minimum absolute atomic E-state index is 0.147. The summed E-state index contributed by atoms with van der Waals surface area (Å²) in [5.74, 6) is -0.295. The number of ketones is 2. The zero-order valence-corrected chi connectivity index (χ0v) is 47.0. The second kappa shape index (κ2) is 20.1. The van der Waals surface area contributed by atoms with Crippen LogP contribution in [-0.4, -0.2) is 11.6 Å². The number of carbonyl (C=O) groups excluding carboxylic acids is 2. The van der Waals surface area contributed by atoms with Gasteiger partial charge < -0.3 is 0 Å². The maximum Gasteiger partial charge on any atom is 0.417 e. The Labute approximate surface area is 456 Å². The molecule has 0 N–H and O–H groups in total. The van der Waals surface area contributed by atoms with Gasteiger partial charge in [-0.25, -0.2) is 0 Å². The average Bonchev–Trinajstić information content (AvgIpc) is 3.93. The van der Waals surface area contributed by atoms with Crippen molar-refractivity contribution in [1.29, 1.82) is 0 Å². The Kier molecular flexibility index (Phi) is 14.8. The van der Waals surface area contributed by atoms with Gasteiger partial charge in [0.15, 0.2) is 11.6 Å². The highest BCUT2D eigenvalue weighted by Gasteiger charge is 2.41. The number of carbonyl (C=O) groups is 2. The van der Waals surface area contributed by atoms with Crippen LogP contribution in [-0.2, 0) is 21.9 Å². The number of hydrogen-bond donors (Lipinski definition) is 0. The van der Waals surface area contributed by atoms with Crippen molar-refractivity contribution in [3.63, 3.8) is 0 Å². The van der Waals surface area contributed by atoms with Gasteiger partial charge in [-0.3, -0.25) is 9.59 Å². The lowest BCUT2D eigenvalue weighted by Crippen LogP contribution is -2.28. The topological polar surface area (TPSA) is 83.6 Å². The number of halogens is 8. The molecule has 6 aromatic rings.